The van der Waals surface area contributed by atoms with Crippen LogP contribution in [0.25, 0.3) is 11.5 Å². The maximum Gasteiger partial charge on any atom is 0.226 e. The number of benzene rings is 1. The molecule has 4 aromatic rings. The summed E-state index contributed by atoms with van der Waals surface area (Å²) in [5.74, 6) is 1.76. The summed E-state index contributed by atoms with van der Waals surface area (Å²) in [7, 11) is 0. The number of carbonyl (C=O) groups is 1. The minimum atomic E-state index is -0.0878. The zero-order valence-electron chi connectivity index (χ0n) is 15.2. The first-order valence-electron chi connectivity index (χ1n) is 8.85. The fraction of sp³-hybridized carbons (Fsp3) is 0.211. The molecule has 1 aliphatic rings. The minimum absolute atomic E-state index is 0.0600. The molecule has 3 aromatic heterocycles. The van der Waals surface area contributed by atoms with E-state index in [2.05, 4.69) is 25.7 Å². The van der Waals surface area contributed by atoms with Gasteiger partial charge >= 0.3 is 0 Å². The Morgan fingerprint density at radius 3 is 2.64 bits per heavy atom. The lowest BCUT2D eigenvalue weighted by atomic mass is 9.86. The average molecular weight is 394 g/mol. The third kappa shape index (κ3) is 2.56. The Kier molecular flexibility index (Phi) is 3.70. The first kappa shape index (κ1) is 16.9. The lowest BCUT2D eigenvalue weighted by Crippen LogP contribution is -2.25. The largest absolute Gasteiger partial charge is 0.310 e. The van der Waals surface area contributed by atoms with Crippen LogP contribution in [0, 0.1) is 13.8 Å². The molecule has 1 amide bonds. The quantitative estimate of drug-likeness (QED) is 0.565. The Bertz CT molecular complexity index is 1230. The van der Waals surface area contributed by atoms with Gasteiger partial charge in [-0.15, -0.1) is 15.3 Å². The third-order valence-electron chi connectivity index (χ3n) is 5.00. The number of aromatic nitrogens is 6. The van der Waals surface area contributed by atoms with Gasteiger partial charge in [0.25, 0.3) is 0 Å². The van der Waals surface area contributed by atoms with Crippen molar-refractivity contribution < 1.29 is 4.79 Å². The monoisotopic (exact) mass is 393 g/mol. The van der Waals surface area contributed by atoms with Gasteiger partial charge in [-0.05, 0) is 43.7 Å². The van der Waals surface area contributed by atoms with Crippen molar-refractivity contribution in [3.05, 3.63) is 64.1 Å². The van der Waals surface area contributed by atoms with E-state index in [1.54, 1.807) is 9.20 Å². The summed E-state index contributed by atoms with van der Waals surface area (Å²) >= 11 is 6.03. The van der Waals surface area contributed by atoms with Crippen molar-refractivity contribution in [3.8, 4) is 5.82 Å². The van der Waals surface area contributed by atoms with E-state index >= 15 is 0 Å². The van der Waals surface area contributed by atoms with Crippen molar-refractivity contribution in [2.45, 2.75) is 26.2 Å². The Balaban J connectivity index is 1.68. The van der Waals surface area contributed by atoms with Crippen LogP contribution in [-0.4, -0.2) is 35.5 Å². The van der Waals surface area contributed by atoms with E-state index in [-0.39, 0.29) is 11.8 Å². The van der Waals surface area contributed by atoms with Gasteiger partial charge in [-0.2, -0.15) is 14.3 Å². The van der Waals surface area contributed by atoms with E-state index in [1.807, 2.05) is 50.2 Å². The predicted octanol–water partition coefficient (Wildman–Crippen LogP) is 3.05. The molecule has 1 atom stereocenters. The molecule has 140 valence electrons. The zero-order valence-corrected chi connectivity index (χ0v) is 16.0. The number of nitrogens with one attached hydrogen (secondary N) is 1. The fourth-order valence-electron chi connectivity index (χ4n) is 3.69. The highest BCUT2D eigenvalue weighted by Crippen LogP contribution is 2.40. The summed E-state index contributed by atoms with van der Waals surface area (Å²) in [4.78, 5) is 12.5. The maximum atomic E-state index is 12.5. The summed E-state index contributed by atoms with van der Waals surface area (Å²) in [5.41, 5.74) is 3.52. The summed E-state index contributed by atoms with van der Waals surface area (Å²) in [6, 6.07) is 11.2. The van der Waals surface area contributed by atoms with Crippen LogP contribution in [0.3, 0.4) is 0 Å². The number of carbonyl (C=O) groups excluding carboxylic acids is 1. The third-order valence-corrected chi connectivity index (χ3v) is 5.25. The van der Waals surface area contributed by atoms with E-state index in [1.165, 1.54) is 0 Å². The minimum Gasteiger partial charge on any atom is -0.310 e. The highest BCUT2D eigenvalue weighted by molar-refractivity contribution is 6.30. The molecule has 0 unspecified atom stereocenters. The highest BCUT2D eigenvalue weighted by atomic mass is 35.5. The fourth-order valence-corrected chi connectivity index (χ4v) is 3.82. The van der Waals surface area contributed by atoms with Crippen LogP contribution in [-0.2, 0) is 4.79 Å². The first-order chi connectivity index (χ1) is 13.5. The lowest BCUT2D eigenvalue weighted by Gasteiger charge is -2.24. The molecule has 0 saturated heterocycles. The van der Waals surface area contributed by atoms with Crippen molar-refractivity contribution >= 4 is 29.0 Å². The zero-order chi connectivity index (χ0) is 19.4. The summed E-state index contributed by atoms with van der Waals surface area (Å²) in [5, 5.41) is 21.0. The summed E-state index contributed by atoms with van der Waals surface area (Å²) in [6.45, 7) is 3.78. The average Bonchev–Trinajstić information content (AvgIpc) is 3.22. The number of hydrogen-bond donors (Lipinski definition) is 1. The second-order valence-electron chi connectivity index (χ2n) is 6.82. The Morgan fingerprint density at radius 1 is 1.07 bits per heavy atom. The molecular formula is C19H16ClN7O. The molecule has 1 N–H and O–H groups in total. The molecule has 28 heavy (non-hydrogen) atoms. The molecule has 0 aliphatic carbocycles. The van der Waals surface area contributed by atoms with Crippen LogP contribution < -0.4 is 5.32 Å². The molecule has 0 fully saturated rings. The van der Waals surface area contributed by atoms with Crippen molar-refractivity contribution in [3.63, 3.8) is 0 Å². The Labute approximate surface area is 165 Å². The SMILES string of the molecule is Cc1nn(-c2ccc3nnc(C)n3n2)c2c1[C@H](c1ccc(Cl)cc1)CC(=O)N2. The van der Waals surface area contributed by atoms with Crippen LogP contribution in [0.5, 0.6) is 0 Å². The number of aryl methyl sites for hydroxylation is 2. The van der Waals surface area contributed by atoms with E-state index in [0.29, 0.717) is 34.6 Å². The van der Waals surface area contributed by atoms with Crippen molar-refractivity contribution in [2.75, 3.05) is 5.32 Å². The highest BCUT2D eigenvalue weighted by Gasteiger charge is 2.33. The summed E-state index contributed by atoms with van der Waals surface area (Å²) < 4.78 is 3.32. The number of nitrogens with zero attached hydrogens (tertiary/aromatic N) is 6. The molecule has 5 rings (SSSR count). The second-order valence-corrected chi connectivity index (χ2v) is 7.26. The predicted molar refractivity (Wildman–Crippen MR) is 104 cm³/mol. The van der Waals surface area contributed by atoms with Gasteiger partial charge in [-0.25, -0.2) is 0 Å². The number of rotatable bonds is 2. The number of halogens is 1. The molecule has 8 nitrogen and oxygen atoms in total. The number of hydrogen-bond acceptors (Lipinski definition) is 5. The molecule has 0 spiro atoms. The van der Waals surface area contributed by atoms with Gasteiger partial charge in [0.05, 0.1) is 5.69 Å². The van der Waals surface area contributed by atoms with Crippen LogP contribution >= 0.6 is 11.6 Å². The molecule has 0 bridgehead atoms. The number of fused-ring (bicyclic) bond motifs is 2. The first-order valence-corrected chi connectivity index (χ1v) is 9.23. The van der Waals surface area contributed by atoms with E-state index < -0.39 is 0 Å². The van der Waals surface area contributed by atoms with Gasteiger partial charge in [0, 0.05) is 22.9 Å². The molecule has 0 radical (unpaired) electrons. The Morgan fingerprint density at radius 2 is 1.86 bits per heavy atom. The molecule has 4 heterocycles. The van der Waals surface area contributed by atoms with Gasteiger partial charge in [-0.1, -0.05) is 23.7 Å². The molecule has 1 aliphatic heterocycles. The Hall–Kier alpha value is -3.26. The van der Waals surface area contributed by atoms with Crippen LogP contribution in [0.1, 0.15) is 35.0 Å². The molecule has 0 saturated carbocycles. The van der Waals surface area contributed by atoms with E-state index in [9.17, 15) is 4.79 Å². The summed E-state index contributed by atoms with van der Waals surface area (Å²) in [6.07, 6.45) is 0.359. The van der Waals surface area contributed by atoms with Crippen molar-refractivity contribution in [2.24, 2.45) is 0 Å². The van der Waals surface area contributed by atoms with Gasteiger partial charge < -0.3 is 5.32 Å². The lowest BCUT2D eigenvalue weighted by molar-refractivity contribution is -0.116. The van der Waals surface area contributed by atoms with Gasteiger partial charge in [-0.3, -0.25) is 4.79 Å². The molecule has 9 heteroatoms. The van der Waals surface area contributed by atoms with Crippen molar-refractivity contribution in [1.29, 1.82) is 0 Å². The number of anilines is 1. The van der Waals surface area contributed by atoms with E-state index in [0.717, 1.165) is 16.8 Å². The number of amides is 1. The normalized spacial score (nSPS) is 16.2. The smallest absolute Gasteiger partial charge is 0.226 e. The second kappa shape index (κ2) is 6.13. The van der Waals surface area contributed by atoms with Gasteiger partial charge in [0.1, 0.15) is 5.82 Å². The van der Waals surface area contributed by atoms with Crippen LogP contribution in [0.4, 0.5) is 5.82 Å². The topological polar surface area (TPSA) is 90.0 Å². The molecule has 1 aromatic carbocycles. The van der Waals surface area contributed by atoms with Crippen LogP contribution in [0.15, 0.2) is 36.4 Å². The maximum absolute atomic E-state index is 12.5. The van der Waals surface area contributed by atoms with Gasteiger partial charge in [0.15, 0.2) is 17.3 Å². The molecular weight excluding hydrogens is 378 g/mol. The van der Waals surface area contributed by atoms with Crippen molar-refractivity contribution in [1.82, 2.24) is 29.6 Å². The van der Waals surface area contributed by atoms with E-state index in [4.69, 9.17) is 11.6 Å². The standard InChI is InChI=1S/C19H16ClN7O/c1-10-18-14(12-3-5-13(20)6-4-12)9-17(28)21-19(18)27(24-10)16-8-7-15-23-22-11(2)26(15)25-16/h3-8,14H,9H2,1-2H3,(H,21,28)/t14-/m0/s1. The van der Waals surface area contributed by atoms with Gasteiger partial charge in [0.2, 0.25) is 5.91 Å². The van der Waals surface area contributed by atoms with Crippen LogP contribution in [0.2, 0.25) is 5.02 Å².